The van der Waals surface area contributed by atoms with Crippen molar-refractivity contribution < 1.29 is 14.3 Å². The summed E-state index contributed by atoms with van der Waals surface area (Å²) in [5, 5.41) is 7.29. The first-order valence-corrected chi connectivity index (χ1v) is 8.30. The van der Waals surface area contributed by atoms with Gasteiger partial charge in [-0.3, -0.25) is 9.59 Å². The van der Waals surface area contributed by atoms with E-state index in [1.807, 2.05) is 19.1 Å². The van der Waals surface area contributed by atoms with E-state index in [0.717, 1.165) is 5.56 Å². The number of halogens is 1. The second-order valence-corrected chi connectivity index (χ2v) is 6.16. The number of hydrogen-bond donors (Lipinski definition) is 2. The van der Waals surface area contributed by atoms with Crippen molar-refractivity contribution in [3.05, 3.63) is 58.6 Å². The summed E-state index contributed by atoms with van der Waals surface area (Å²) in [5.41, 5.74) is 4.91. The summed E-state index contributed by atoms with van der Waals surface area (Å²) in [6, 6.07) is 11.9. The van der Waals surface area contributed by atoms with E-state index in [1.165, 1.54) is 0 Å². The SMILES string of the molecule is COc1ccc(C)cc1NC(=O)C/C(C)=N/NC(=O)c1ccc(Cl)cc1. The van der Waals surface area contributed by atoms with Crippen molar-refractivity contribution in [3.63, 3.8) is 0 Å². The predicted octanol–water partition coefficient (Wildman–Crippen LogP) is 3.79. The third-order valence-electron chi connectivity index (χ3n) is 3.50. The molecule has 2 N–H and O–H groups in total. The first-order chi connectivity index (χ1) is 12.4. The van der Waals surface area contributed by atoms with Crippen molar-refractivity contribution in [2.75, 3.05) is 12.4 Å². The van der Waals surface area contributed by atoms with Crippen LogP contribution in [0.3, 0.4) is 0 Å². The molecule has 0 saturated carbocycles. The van der Waals surface area contributed by atoms with Crippen molar-refractivity contribution in [1.82, 2.24) is 5.43 Å². The largest absolute Gasteiger partial charge is 0.495 e. The Morgan fingerprint density at radius 2 is 1.85 bits per heavy atom. The number of nitrogens with zero attached hydrogens (tertiary/aromatic N) is 1. The predicted molar refractivity (Wildman–Crippen MR) is 103 cm³/mol. The topological polar surface area (TPSA) is 79.8 Å². The zero-order valence-corrected chi connectivity index (χ0v) is 15.6. The summed E-state index contributed by atoms with van der Waals surface area (Å²) in [5.74, 6) is -0.0488. The van der Waals surface area contributed by atoms with Crippen LogP contribution in [-0.2, 0) is 4.79 Å². The van der Waals surface area contributed by atoms with Gasteiger partial charge in [0.15, 0.2) is 0 Å². The van der Waals surface area contributed by atoms with Gasteiger partial charge in [-0.05, 0) is 55.8 Å². The monoisotopic (exact) mass is 373 g/mol. The van der Waals surface area contributed by atoms with Gasteiger partial charge in [0.05, 0.1) is 19.2 Å². The van der Waals surface area contributed by atoms with Gasteiger partial charge in [-0.25, -0.2) is 5.43 Å². The number of carbonyl (C=O) groups is 2. The second-order valence-electron chi connectivity index (χ2n) is 5.72. The molecule has 136 valence electrons. The molecule has 0 aliphatic carbocycles. The second kappa shape index (κ2) is 9.01. The average molecular weight is 374 g/mol. The average Bonchev–Trinajstić information content (AvgIpc) is 2.60. The first kappa shape index (κ1) is 19.5. The molecule has 0 fully saturated rings. The van der Waals surface area contributed by atoms with Gasteiger partial charge in [-0.15, -0.1) is 0 Å². The van der Waals surface area contributed by atoms with Gasteiger partial charge in [0.25, 0.3) is 5.91 Å². The molecule has 0 unspecified atom stereocenters. The van der Waals surface area contributed by atoms with Gasteiger partial charge < -0.3 is 10.1 Å². The van der Waals surface area contributed by atoms with Crippen LogP contribution in [0.25, 0.3) is 0 Å². The third kappa shape index (κ3) is 5.60. The number of rotatable bonds is 6. The molecule has 2 aromatic rings. The van der Waals surface area contributed by atoms with Crippen LogP contribution in [0.4, 0.5) is 5.69 Å². The Labute approximate surface area is 157 Å². The fourth-order valence-corrected chi connectivity index (χ4v) is 2.32. The number of hydrogen-bond acceptors (Lipinski definition) is 4. The maximum Gasteiger partial charge on any atom is 0.271 e. The summed E-state index contributed by atoms with van der Waals surface area (Å²) in [4.78, 5) is 24.2. The number of ether oxygens (including phenoxy) is 1. The fourth-order valence-electron chi connectivity index (χ4n) is 2.20. The summed E-state index contributed by atoms with van der Waals surface area (Å²) >= 11 is 5.79. The summed E-state index contributed by atoms with van der Waals surface area (Å²) in [7, 11) is 1.54. The molecule has 0 spiro atoms. The highest BCUT2D eigenvalue weighted by Crippen LogP contribution is 2.25. The highest BCUT2D eigenvalue weighted by atomic mass is 35.5. The molecule has 0 radical (unpaired) electrons. The van der Waals surface area contributed by atoms with E-state index in [1.54, 1.807) is 44.4 Å². The Balaban J connectivity index is 1.94. The molecule has 0 saturated heterocycles. The van der Waals surface area contributed by atoms with Crippen molar-refractivity contribution in [2.24, 2.45) is 5.10 Å². The third-order valence-corrected chi connectivity index (χ3v) is 3.75. The van der Waals surface area contributed by atoms with Gasteiger partial charge in [-0.1, -0.05) is 17.7 Å². The minimum absolute atomic E-state index is 0.0397. The molecule has 0 heterocycles. The van der Waals surface area contributed by atoms with Crippen molar-refractivity contribution in [2.45, 2.75) is 20.3 Å². The molecule has 7 heteroatoms. The minimum atomic E-state index is -0.373. The normalized spacial score (nSPS) is 11.0. The number of methoxy groups -OCH3 is 1. The smallest absolute Gasteiger partial charge is 0.271 e. The lowest BCUT2D eigenvalue weighted by molar-refractivity contribution is -0.115. The van der Waals surface area contributed by atoms with Crippen molar-refractivity contribution in [3.8, 4) is 5.75 Å². The lowest BCUT2D eigenvalue weighted by Crippen LogP contribution is -2.21. The number of aryl methyl sites for hydroxylation is 1. The van der Waals surface area contributed by atoms with Crippen molar-refractivity contribution in [1.29, 1.82) is 0 Å². The molecule has 0 aromatic heterocycles. The van der Waals surface area contributed by atoms with Crippen LogP contribution < -0.4 is 15.5 Å². The zero-order valence-electron chi connectivity index (χ0n) is 14.8. The summed E-state index contributed by atoms with van der Waals surface area (Å²) in [6.07, 6.45) is 0.0397. The van der Waals surface area contributed by atoms with E-state index in [9.17, 15) is 9.59 Å². The van der Waals surface area contributed by atoms with E-state index < -0.39 is 0 Å². The first-order valence-electron chi connectivity index (χ1n) is 7.92. The molecule has 6 nitrogen and oxygen atoms in total. The Morgan fingerprint density at radius 3 is 2.50 bits per heavy atom. The number of amides is 2. The molecule has 0 aliphatic heterocycles. The Bertz CT molecular complexity index is 832. The van der Waals surface area contributed by atoms with E-state index in [4.69, 9.17) is 16.3 Å². The molecule has 0 atom stereocenters. The Morgan fingerprint density at radius 1 is 1.15 bits per heavy atom. The molecule has 0 aliphatic rings. The number of carbonyl (C=O) groups excluding carboxylic acids is 2. The van der Waals surface area contributed by atoms with Gasteiger partial charge in [0.2, 0.25) is 5.91 Å². The highest BCUT2D eigenvalue weighted by molar-refractivity contribution is 6.30. The molecule has 2 amide bonds. The lowest BCUT2D eigenvalue weighted by Gasteiger charge is -2.11. The maximum absolute atomic E-state index is 12.2. The van der Waals surface area contributed by atoms with Gasteiger partial charge >= 0.3 is 0 Å². The molecule has 26 heavy (non-hydrogen) atoms. The van der Waals surface area contributed by atoms with E-state index in [-0.39, 0.29) is 18.2 Å². The minimum Gasteiger partial charge on any atom is -0.495 e. The van der Waals surface area contributed by atoms with Crippen LogP contribution in [0.5, 0.6) is 5.75 Å². The number of benzene rings is 2. The molecular formula is C19H20ClN3O3. The quantitative estimate of drug-likeness (QED) is 0.597. The van der Waals surface area contributed by atoms with Gasteiger partial charge in [0, 0.05) is 16.3 Å². The van der Waals surface area contributed by atoms with Crippen LogP contribution in [0.15, 0.2) is 47.6 Å². The summed E-state index contributed by atoms with van der Waals surface area (Å²) in [6.45, 7) is 3.59. The van der Waals surface area contributed by atoms with Crippen LogP contribution in [0.1, 0.15) is 29.3 Å². The van der Waals surface area contributed by atoms with E-state index in [0.29, 0.717) is 27.7 Å². The van der Waals surface area contributed by atoms with Crippen LogP contribution in [0, 0.1) is 6.92 Å². The summed E-state index contributed by atoms with van der Waals surface area (Å²) < 4.78 is 5.23. The van der Waals surface area contributed by atoms with E-state index >= 15 is 0 Å². The van der Waals surface area contributed by atoms with Crippen molar-refractivity contribution >= 4 is 34.8 Å². The van der Waals surface area contributed by atoms with Crippen LogP contribution in [0.2, 0.25) is 5.02 Å². The van der Waals surface area contributed by atoms with E-state index in [2.05, 4.69) is 15.8 Å². The standard InChI is InChI=1S/C19H20ClN3O3/c1-12-4-9-17(26-3)16(10-12)21-18(24)11-13(2)22-23-19(25)14-5-7-15(20)8-6-14/h4-10H,11H2,1-3H3,(H,21,24)(H,23,25)/b22-13+. The van der Waals surface area contributed by atoms with Crippen LogP contribution >= 0.6 is 11.6 Å². The Hall–Kier alpha value is -2.86. The number of hydrazone groups is 1. The Kier molecular flexibility index (Phi) is 6.74. The highest BCUT2D eigenvalue weighted by Gasteiger charge is 2.10. The molecule has 2 aromatic carbocycles. The van der Waals surface area contributed by atoms with Gasteiger partial charge in [0.1, 0.15) is 5.75 Å². The zero-order chi connectivity index (χ0) is 19.1. The fraction of sp³-hybridized carbons (Fsp3) is 0.211. The van der Waals surface area contributed by atoms with Crippen LogP contribution in [-0.4, -0.2) is 24.6 Å². The molecule has 2 rings (SSSR count). The molecular weight excluding hydrogens is 354 g/mol. The maximum atomic E-state index is 12.2. The number of nitrogens with one attached hydrogen (secondary N) is 2. The van der Waals surface area contributed by atoms with Gasteiger partial charge in [-0.2, -0.15) is 5.10 Å². The number of anilines is 1. The lowest BCUT2D eigenvalue weighted by atomic mass is 10.2. The molecule has 0 bridgehead atoms.